The van der Waals surface area contributed by atoms with Gasteiger partial charge in [-0.05, 0) is 45.1 Å². The Bertz CT molecular complexity index is 702. The summed E-state index contributed by atoms with van der Waals surface area (Å²) in [5, 5.41) is 7.85. The third-order valence-corrected chi connectivity index (χ3v) is 5.74. The van der Waals surface area contributed by atoms with Gasteiger partial charge in [-0.3, -0.25) is 9.89 Å². The van der Waals surface area contributed by atoms with Crippen LogP contribution in [0.15, 0.2) is 29.4 Å². The van der Waals surface area contributed by atoms with Crippen molar-refractivity contribution in [3.63, 3.8) is 0 Å². The van der Waals surface area contributed by atoms with Crippen LogP contribution < -0.4 is 0 Å². The van der Waals surface area contributed by atoms with E-state index in [0.29, 0.717) is 23.0 Å². The van der Waals surface area contributed by atoms with E-state index in [-0.39, 0.29) is 5.91 Å². The van der Waals surface area contributed by atoms with Gasteiger partial charge in [-0.25, -0.2) is 4.98 Å². The summed E-state index contributed by atoms with van der Waals surface area (Å²) in [7, 11) is 0. The summed E-state index contributed by atoms with van der Waals surface area (Å²) in [5.74, 6) is 1.32. The molecule has 134 valence electrons. The van der Waals surface area contributed by atoms with E-state index in [1.807, 2.05) is 4.90 Å². The molecule has 0 saturated carbocycles. The van der Waals surface area contributed by atoms with Crippen LogP contribution in [0, 0.1) is 0 Å². The van der Waals surface area contributed by atoms with Crippen molar-refractivity contribution in [1.82, 2.24) is 20.1 Å². The van der Waals surface area contributed by atoms with Crippen molar-refractivity contribution in [3.05, 3.63) is 29.8 Å². The molecule has 1 aromatic carbocycles. The number of carbonyl (C=O) groups excluding carboxylic acids is 1. The zero-order chi connectivity index (χ0) is 17.8. The molecule has 2 unspecified atom stereocenters. The van der Waals surface area contributed by atoms with Gasteiger partial charge in [-0.2, -0.15) is 0 Å². The first-order chi connectivity index (χ1) is 12.1. The number of nitrogens with one attached hydrogen (secondary N) is 1. The number of nitrogens with zero attached hydrogens (tertiary/aromatic N) is 3. The highest BCUT2D eigenvalue weighted by Crippen LogP contribution is 2.25. The molecule has 0 radical (unpaired) electrons. The maximum atomic E-state index is 12.6. The minimum absolute atomic E-state index is 0.184. The molecule has 2 heterocycles. The highest BCUT2D eigenvalue weighted by atomic mass is 32.2. The quantitative estimate of drug-likeness (QED) is 0.823. The standard InChI is InChI=1S/C19H26N4OS/c1-4-15-8-10-16(11-9-15)18-20-19(22-21-18)25-12-17(24)23-13(2)6-5-7-14(23)3/h8-11,13-14H,4-7,12H2,1-3H3,(H,20,21,22). The first-order valence-corrected chi connectivity index (χ1v) is 10.0. The summed E-state index contributed by atoms with van der Waals surface area (Å²) in [5.41, 5.74) is 2.31. The second kappa shape index (κ2) is 8.04. The van der Waals surface area contributed by atoms with Crippen LogP contribution in [0.1, 0.15) is 45.6 Å². The maximum absolute atomic E-state index is 12.6. The molecule has 3 rings (SSSR count). The molecule has 1 aromatic heterocycles. The van der Waals surface area contributed by atoms with Gasteiger partial charge in [0, 0.05) is 17.6 Å². The van der Waals surface area contributed by atoms with Crippen molar-refractivity contribution >= 4 is 17.7 Å². The van der Waals surface area contributed by atoms with E-state index in [0.717, 1.165) is 30.7 Å². The van der Waals surface area contributed by atoms with Crippen LogP contribution in [-0.4, -0.2) is 43.8 Å². The van der Waals surface area contributed by atoms with Crippen LogP contribution in [0.25, 0.3) is 11.4 Å². The Kier molecular flexibility index (Phi) is 5.78. The summed E-state index contributed by atoms with van der Waals surface area (Å²) in [6.07, 6.45) is 4.42. The fraction of sp³-hybridized carbons (Fsp3) is 0.526. The number of hydrogen-bond acceptors (Lipinski definition) is 4. The highest BCUT2D eigenvalue weighted by molar-refractivity contribution is 7.99. The van der Waals surface area contributed by atoms with Gasteiger partial charge in [0.1, 0.15) is 0 Å². The molecule has 0 aliphatic carbocycles. The Morgan fingerprint density at radius 1 is 1.24 bits per heavy atom. The van der Waals surface area contributed by atoms with Crippen LogP contribution >= 0.6 is 11.8 Å². The third-order valence-electron chi connectivity index (χ3n) is 4.91. The number of aromatic nitrogens is 3. The molecule has 0 spiro atoms. The number of piperidine rings is 1. The molecule has 2 atom stereocenters. The lowest BCUT2D eigenvalue weighted by atomic mass is 9.98. The van der Waals surface area contributed by atoms with Gasteiger partial charge in [-0.1, -0.05) is 43.0 Å². The molecule has 1 aliphatic heterocycles. The average Bonchev–Trinajstić information content (AvgIpc) is 3.09. The van der Waals surface area contributed by atoms with Crippen molar-refractivity contribution < 1.29 is 4.79 Å². The lowest BCUT2D eigenvalue weighted by molar-refractivity contribution is -0.134. The maximum Gasteiger partial charge on any atom is 0.233 e. The molecule has 1 N–H and O–H groups in total. The number of H-pyrrole nitrogens is 1. The van der Waals surface area contributed by atoms with E-state index >= 15 is 0 Å². The zero-order valence-corrected chi connectivity index (χ0v) is 16.0. The van der Waals surface area contributed by atoms with Crippen molar-refractivity contribution in [1.29, 1.82) is 0 Å². The van der Waals surface area contributed by atoms with E-state index < -0.39 is 0 Å². The highest BCUT2D eigenvalue weighted by Gasteiger charge is 2.28. The first-order valence-electron chi connectivity index (χ1n) is 9.04. The minimum Gasteiger partial charge on any atom is -0.337 e. The molecule has 0 bridgehead atoms. The van der Waals surface area contributed by atoms with Gasteiger partial charge in [0.2, 0.25) is 11.1 Å². The van der Waals surface area contributed by atoms with Crippen molar-refractivity contribution in [3.8, 4) is 11.4 Å². The van der Waals surface area contributed by atoms with E-state index in [4.69, 9.17) is 0 Å². The van der Waals surface area contributed by atoms with Crippen LogP contribution in [0.2, 0.25) is 0 Å². The Labute approximate surface area is 153 Å². The van der Waals surface area contributed by atoms with Gasteiger partial charge in [-0.15, -0.1) is 5.10 Å². The van der Waals surface area contributed by atoms with Crippen LogP contribution in [-0.2, 0) is 11.2 Å². The SMILES string of the molecule is CCc1ccc(-c2nc(SCC(=O)N3C(C)CCCC3C)n[nH]2)cc1. The van der Waals surface area contributed by atoms with E-state index in [9.17, 15) is 4.79 Å². The molecule has 1 aliphatic rings. The number of hydrogen-bond donors (Lipinski definition) is 1. The zero-order valence-electron chi connectivity index (χ0n) is 15.2. The molecule has 6 heteroatoms. The molecule has 5 nitrogen and oxygen atoms in total. The molecule has 1 saturated heterocycles. The fourth-order valence-electron chi connectivity index (χ4n) is 3.45. The van der Waals surface area contributed by atoms with E-state index in [1.54, 1.807) is 0 Å². The Hall–Kier alpha value is -1.82. The van der Waals surface area contributed by atoms with Crippen LogP contribution in [0.3, 0.4) is 0 Å². The average molecular weight is 359 g/mol. The second-order valence-corrected chi connectivity index (χ2v) is 7.68. The predicted octanol–water partition coefficient (Wildman–Crippen LogP) is 3.92. The van der Waals surface area contributed by atoms with Crippen LogP contribution in [0.4, 0.5) is 0 Å². The van der Waals surface area contributed by atoms with Gasteiger partial charge < -0.3 is 4.90 Å². The summed E-state index contributed by atoms with van der Waals surface area (Å²) in [6, 6.07) is 8.97. The number of aryl methyl sites for hydroxylation is 1. The van der Waals surface area contributed by atoms with Gasteiger partial charge in [0.25, 0.3) is 0 Å². The summed E-state index contributed by atoms with van der Waals surface area (Å²) < 4.78 is 0. The number of likely N-dealkylation sites (tertiary alicyclic amines) is 1. The van der Waals surface area contributed by atoms with E-state index in [2.05, 4.69) is 60.2 Å². The molecule has 1 fully saturated rings. The largest absolute Gasteiger partial charge is 0.337 e. The monoisotopic (exact) mass is 358 g/mol. The predicted molar refractivity (Wildman–Crippen MR) is 102 cm³/mol. The summed E-state index contributed by atoms with van der Waals surface area (Å²) >= 11 is 1.40. The Balaban J connectivity index is 1.60. The lowest BCUT2D eigenvalue weighted by Crippen LogP contribution is -2.48. The molecular weight excluding hydrogens is 332 g/mol. The molecule has 1 amide bonds. The van der Waals surface area contributed by atoms with Crippen LogP contribution in [0.5, 0.6) is 0 Å². The fourth-order valence-corrected chi connectivity index (χ4v) is 4.12. The number of rotatable bonds is 5. The van der Waals surface area contributed by atoms with Crippen molar-refractivity contribution in [2.24, 2.45) is 0 Å². The van der Waals surface area contributed by atoms with Gasteiger partial charge in [0.05, 0.1) is 5.75 Å². The number of amides is 1. The number of aromatic amines is 1. The number of thioether (sulfide) groups is 1. The molecule has 2 aromatic rings. The van der Waals surface area contributed by atoms with E-state index in [1.165, 1.54) is 23.7 Å². The second-order valence-electron chi connectivity index (χ2n) is 6.74. The summed E-state index contributed by atoms with van der Waals surface area (Å²) in [6.45, 7) is 6.42. The number of benzene rings is 1. The lowest BCUT2D eigenvalue weighted by Gasteiger charge is -2.39. The van der Waals surface area contributed by atoms with Crippen molar-refractivity contribution in [2.45, 2.75) is 63.7 Å². The molecular formula is C19H26N4OS. The first kappa shape index (κ1) is 18.0. The van der Waals surface area contributed by atoms with Gasteiger partial charge >= 0.3 is 0 Å². The minimum atomic E-state index is 0.184. The number of carbonyl (C=O) groups is 1. The molecule has 25 heavy (non-hydrogen) atoms. The third kappa shape index (κ3) is 4.24. The summed E-state index contributed by atoms with van der Waals surface area (Å²) in [4.78, 5) is 19.1. The van der Waals surface area contributed by atoms with Gasteiger partial charge in [0.15, 0.2) is 5.82 Å². The topological polar surface area (TPSA) is 61.9 Å². The Morgan fingerprint density at radius 2 is 1.92 bits per heavy atom. The normalized spacial score (nSPS) is 20.7. The Morgan fingerprint density at radius 3 is 2.56 bits per heavy atom. The smallest absolute Gasteiger partial charge is 0.233 e. The van der Waals surface area contributed by atoms with Crippen molar-refractivity contribution in [2.75, 3.05) is 5.75 Å².